The minimum atomic E-state index is -0.133. The summed E-state index contributed by atoms with van der Waals surface area (Å²) in [5.74, 6) is 0.0476. The van der Waals surface area contributed by atoms with Crippen molar-refractivity contribution in [2.24, 2.45) is 0 Å². The van der Waals surface area contributed by atoms with E-state index >= 15 is 0 Å². The van der Waals surface area contributed by atoms with Gasteiger partial charge >= 0.3 is 0 Å². The summed E-state index contributed by atoms with van der Waals surface area (Å²) in [4.78, 5) is 25.8. The third-order valence-corrected chi connectivity index (χ3v) is 5.03. The van der Waals surface area contributed by atoms with Crippen LogP contribution in [0.25, 0.3) is 16.8 Å². The summed E-state index contributed by atoms with van der Waals surface area (Å²) in [5, 5.41) is 5.19. The molecule has 0 bridgehead atoms. The second-order valence-corrected chi connectivity index (χ2v) is 6.93. The molecule has 0 aliphatic carbocycles. The molecule has 2 amide bonds. The molecule has 3 aromatic carbocycles. The van der Waals surface area contributed by atoms with Gasteiger partial charge in [-0.3, -0.25) is 9.59 Å². The smallest absolute Gasteiger partial charge is 0.244 e. The molecule has 0 spiro atoms. The van der Waals surface area contributed by atoms with Gasteiger partial charge in [-0.25, -0.2) is 0 Å². The van der Waals surface area contributed by atoms with Gasteiger partial charge in [-0.1, -0.05) is 54.6 Å². The molecule has 3 aromatic rings. The molecular formula is C24H22N2O2. The average Bonchev–Trinajstić information content (AvgIpc) is 3.17. The first-order valence-electron chi connectivity index (χ1n) is 9.54. The third kappa shape index (κ3) is 3.96. The van der Waals surface area contributed by atoms with Gasteiger partial charge in [-0.2, -0.15) is 0 Å². The lowest BCUT2D eigenvalue weighted by Gasteiger charge is -2.15. The first-order chi connectivity index (χ1) is 13.7. The van der Waals surface area contributed by atoms with Crippen LogP contribution in [-0.4, -0.2) is 18.4 Å². The molecule has 0 saturated carbocycles. The van der Waals surface area contributed by atoms with Crippen LogP contribution in [0, 0.1) is 0 Å². The molecule has 0 unspecified atom stereocenters. The van der Waals surface area contributed by atoms with E-state index in [0.29, 0.717) is 13.0 Å². The third-order valence-electron chi connectivity index (χ3n) is 5.03. The van der Waals surface area contributed by atoms with Crippen molar-refractivity contribution in [3.05, 3.63) is 83.9 Å². The number of benzene rings is 3. The van der Waals surface area contributed by atoms with Crippen LogP contribution in [0.5, 0.6) is 0 Å². The van der Waals surface area contributed by atoms with Crippen LogP contribution in [0.2, 0.25) is 0 Å². The molecule has 0 atom stereocenters. The van der Waals surface area contributed by atoms with Gasteiger partial charge in [-0.15, -0.1) is 0 Å². The molecule has 4 nitrogen and oxygen atoms in total. The van der Waals surface area contributed by atoms with Crippen molar-refractivity contribution < 1.29 is 9.59 Å². The molecule has 1 aliphatic rings. The molecule has 0 radical (unpaired) electrons. The summed E-state index contributed by atoms with van der Waals surface area (Å²) in [6.45, 7) is 1.24. The van der Waals surface area contributed by atoms with E-state index in [0.717, 1.165) is 40.6 Å². The first kappa shape index (κ1) is 18.0. The average molecular weight is 370 g/mol. The Bertz CT molecular complexity index is 1030. The largest absolute Gasteiger partial charge is 0.348 e. The second-order valence-electron chi connectivity index (χ2n) is 6.93. The molecule has 140 valence electrons. The van der Waals surface area contributed by atoms with Crippen LogP contribution >= 0.6 is 0 Å². The molecule has 1 heterocycles. The molecule has 1 aliphatic heterocycles. The fourth-order valence-corrected chi connectivity index (χ4v) is 3.52. The van der Waals surface area contributed by atoms with Gasteiger partial charge in [0.25, 0.3) is 0 Å². The standard InChI is InChI=1S/C24H22N2O2/c27-23(15-12-20-7-3-6-19-5-1-2-8-22(19)20)25-17-18-10-13-21(14-11-18)26-16-4-9-24(26)28/h1-3,5-8,10-15H,4,9,16-17H2,(H,25,27)/b15-12+. The predicted molar refractivity (Wildman–Crippen MR) is 113 cm³/mol. The van der Waals surface area contributed by atoms with Gasteiger partial charge in [0, 0.05) is 31.3 Å². The van der Waals surface area contributed by atoms with Gasteiger partial charge < -0.3 is 10.2 Å². The Morgan fingerprint density at radius 2 is 1.79 bits per heavy atom. The number of carbonyl (C=O) groups excluding carboxylic acids is 2. The highest BCUT2D eigenvalue weighted by Crippen LogP contribution is 2.22. The summed E-state index contributed by atoms with van der Waals surface area (Å²) >= 11 is 0. The van der Waals surface area contributed by atoms with E-state index in [-0.39, 0.29) is 11.8 Å². The van der Waals surface area contributed by atoms with E-state index < -0.39 is 0 Å². The highest BCUT2D eigenvalue weighted by molar-refractivity contribution is 5.97. The number of nitrogens with zero attached hydrogens (tertiary/aromatic N) is 1. The van der Waals surface area contributed by atoms with E-state index in [1.807, 2.05) is 59.5 Å². The maximum Gasteiger partial charge on any atom is 0.244 e. The zero-order valence-corrected chi connectivity index (χ0v) is 15.6. The predicted octanol–water partition coefficient (Wildman–Crippen LogP) is 4.30. The van der Waals surface area contributed by atoms with Crippen LogP contribution in [0.3, 0.4) is 0 Å². The first-order valence-corrected chi connectivity index (χ1v) is 9.54. The fraction of sp³-hybridized carbons (Fsp3) is 0.167. The SMILES string of the molecule is O=C(/C=C/c1cccc2ccccc12)NCc1ccc(N2CCCC2=O)cc1. The van der Waals surface area contributed by atoms with Crippen molar-refractivity contribution in [3.8, 4) is 0 Å². The van der Waals surface area contributed by atoms with Crippen LogP contribution in [0.4, 0.5) is 5.69 Å². The number of amides is 2. The van der Waals surface area contributed by atoms with E-state index in [1.54, 1.807) is 6.08 Å². The van der Waals surface area contributed by atoms with Crippen LogP contribution < -0.4 is 10.2 Å². The minimum Gasteiger partial charge on any atom is -0.348 e. The summed E-state index contributed by atoms with van der Waals surface area (Å²) < 4.78 is 0. The van der Waals surface area contributed by atoms with Crippen molar-refractivity contribution >= 4 is 34.4 Å². The van der Waals surface area contributed by atoms with Crippen LogP contribution in [0.15, 0.2) is 72.8 Å². The Kier molecular flexibility index (Phi) is 5.20. The van der Waals surface area contributed by atoms with Crippen LogP contribution in [0.1, 0.15) is 24.0 Å². The Balaban J connectivity index is 1.36. The zero-order chi connectivity index (χ0) is 19.3. The highest BCUT2D eigenvalue weighted by Gasteiger charge is 2.21. The lowest BCUT2D eigenvalue weighted by atomic mass is 10.0. The number of carbonyl (C=O) groups is 2. The fourth-order valence-electron chi connectivity index (χ4n) is 3.52. The number of hydrogen-bond donors (Lipinski definition) is 1. The van der Waals surface area contributed by atoms with E-state index in [2.05, 4.69) is 23.5 Å². The summed E-state index contributed by atoms with van der Waals surface area (Å²) in [6, 6.07) is 22.0. The summed E-state index contributed by atoms with van der Waals surface area (Å²) in [7, 11) is 0. The quantitative estimate of drug-likeness (QED) is 0.681. The molecule has 1 fully saturated rings. The van der Waals surface area contributed by atoms with Crippen molar-refractivity contribution in [3.63, 3.8) is 0 Å². The van der Waals surface area contributed by atoms with Crippen molar-refractivity contribution in [2.75, 3.05) is 11.4 Å². The molecular weight excluding hydrogens is 348 g/mol. The Morgan fingerprint density at radius 1 is 1.00 bits per heavy atom. The van der Waals surface area contributed by atoms with Crippen LogP contribution in [-0.2, 0) is 16.1 Å². The molecule has 28 heavy (non-hydrogen) atoms. The lowest BCUT2D eigenvalue weighted by molar-refractivity contribution is -0.117. The Morgan fingerprint density at radius 3 is 2.57 bits per heavy atom. The Hall–Kier alpha value is -3.40. The molecule has 0 aromatic heterocycles. The zero-order valence-electron chi connectivity index (χ0n) is 15.6. The van der Waals surface area contributed by atoms with E-state index in [1.165, 1.54) is 0 Å². The van der Waals surface area contributed by atoms with Crippen molar-refractivity contribution in [1.29, 1.82) is 0 Å². The number of fused-ring (bicyclic) bond motifs is 1. The molecule has 4 heteroatoms. The maximum atomic E-state index is 12.2. The molecule has 1 saturated heterocycles. The normalized spacial score (nSPS) is 14.1. The van der Waals surface area contributed by atoms with Crippen molar-refractivity contribution in [2.45, 2.75) is 19.4 Å². The molecule has 1 N–H and O–H groups in total. The van der Waals surface area contributed by atoms with E-state index in [9.17, 15) is 9.59 Å². The number of rotatable bonds is 5. The number of nitrogens with one attached hydrogen (secondary N) is 1. The maximum absolute atomic E-state index is 12.2. The second kappa shape index (κ2) is 8.09. The van der Waals surface area contributed by atoms with Gasteiger partial charge in [0.1, 0.15) is 0 Å². The minimum absolute atomic E-state index is 0.133. The van der Waals surface area contributed by atoms with Gasteiger partial charge in [0.05, 0.1) is 0 Å². The number of hydrogen-bond acceptors (Lipinski definition) is 2. The van der Waals surface area contributed by atoms with E-state index in [4.69, 9.17) is 0 Å². The van der Waals surface area contributed by atoms with Gasteiger partial charge in [-0.05, 0) is 46.5 Å². The van der Waals surface area contributed by atoms with Gasteiger partial charge in [0.15, 0.2) is 0 Å². The monoisotopic (exact) mass is 370 g/mol. The van der Waals surface area contributed by atoms with Crippen molar-refractivity contribution in [1.82, 2.24) is 5.32 Å². The lowest BCUT2D eigenvalue weighted by Crippen LogP contribution is -2.23. The Labute approximate surface area is 164 Å². The molecule has 4 rings (SSSR count). The topological polar surface area (TPSA) is 49.4 Å². The summed E-state index contributed by atoms with van der Waals surface area (Å²) in [6.07, 6.45) is 4.96. The summed E-state index contributed by atoms with van der Waals surface area (Å²) in [5.41, 5.74) is 2.95. The highest BCUT2D eigenvalue weighted by atomic mass is 16.2. The van der Waals surface area contributed by atoms with Gasteiger partial charge in [0.2, 0.25) is 11.8 Å². The number of anilines is 1.